The molecule has 0 fully saturated rings. The van der Waals surface area contributed by atoms with Gasteiger partial charge in [0.2, 0.25) is 0 Å². The van der Waals surface area contributed by atoms with Crippen LogP contribution in [0.15, 0.2) is 72.8 Å². The summed E-state index contributed by atoms with van der Waals surface area (Å²) in [5, 5.41) is 2.71. The first-order chi connectivity index (χ1) is 10.4. The van der Waals surface area contributed by atoms with Gasteiger partial charge in [0.05, 0.1) is 0 Å². The van der Waals surface area contributed by atoms with Crippen LogP contribution in [0.2, 0.25) is 0 Å². The van der Waals surface area contributed by atoms with Crippen LogP contribution < -0.4 is 0 Å². The predicted octanol–water partition coefficient (Wildman–Crippen LogP) is 5.78. The van der Waals surface area contributed by atoms with E-state index >= 15 is 0 Å². The molecule has 0 spiro atoms. The van der Waals surface area contributed by atoms with E-state index < -0.39 is 0 Å². The van der Waals surface area contributed by atoms with Crippen molar-refractivity contribution in [3.8, 4) is 0 Å². The first-order valence-corrected chi connectivity index (χ1v) is 7.69. The van der Waals surface area contributed by atoms with Gasteiger partial charge in [0.25, 0.3) is 0 Å². The fourth-order valence-electron chi connectivity index (χ4n) is 3.09. The van der Waals surface area contributed by atoms with Gasteiger partial charge in [-0.05, 0) is 40.7 Å². The van der Waals surface area contributed by atoms with Crippen molar-refractivity contribution in [1.29, 1.82) is 0 Å². The minimum Gasteiger partial charge on any atom is -0.0622 e. The minimum absolute atomic E-state index is 0.550. The number of benzene rings is 3. The summed E-state index contributed by atoms with van der Waals surface area (Å²) in [7, 11) is 0. The summed E-state index contributed by atoms with van der Waals surface area (Å²) in [5.41, 5.74) is 2.87. The van der Waals surface area contributed by atoms with Crippen molar-refractivity contribution in [2.45, 2.75) is 25.2 Å². The number of rotatable bonds is 5. The Labute approximate surface area is 127 Å². The van der Waals surface area contributed by atoms with E-state index in [-0.39, 0.29) is 0 Å². The summed E-state index contributed by atoms with van der Waals surface area (Å²) < 4.78 is 0. The van der Waals surface area contributed by atoms with Crippen LogP contribution >= 0.6 is 0 Å². The molecule has 3 aromatic rings. The summed E-state index contributed by atoms with van der Waals surface area (Å²) in [6.07, 6.45) is 3.19. The second-order valence-electron chi connectivity index (χ2n) is 5.59. The molecule has 1 unspecified atom stereocenters. The molecule has 0 heterocycles. The van der Waals surface area contributed by atoms with Crippen molar-refractivity contribution in [3.05, 3.63) is 90.8 Å². The van der Waals surface area contributed by atoms with Gasteiger partial charge in [-0.15, -0.1) is 0 Å². The monoisotopic (exact) mass is 273 g/mol. The maximum absolute atomic E-state index is 4.05. The highest BCUT2D eigenvalue weighted by atomic mass is 14.2. The largest absolute Gasteiger partial charge is 0.0622 e. The summed E-state index contributed by atoms with van der Waals surface area (Å²) in [4.78, 5) is 0. The molecule has 0 nitrogen and oxygen atoms in total. The Morgan fingerprint density at radius 1 is 0.762 bits per heavy atom. The van der Waals surface area contributed by atoms with Crippen LogP contribution in [0, 0.1) is 6.92 Å². The molecule has 0 saturated heterocycles. The van der Waals surface area contributed by atoms with Gasteiger partial charge < -0.3 is 0 Å². The zero-order valence-electron chi connectivity index (χ0n) is 12.3. The molecule has 0 saturated carbocycles. The lowest BCUT2D eigenvalue weighted by atomic mass is 9.87. The minimum atomic E-state index is 0.550. The standard InChI is InChI=1S/C21H21/c1-2-9-19(17-10-4-3-5-11-17)16-20-14-8-13-18-12-6-7-15-21(18)20/h3-8,10-15,19H,1-2,9,16H2. The van der Waals surface area contributed by atoms with Crippen molar-refractivity contribution >= 4 is 10.8 Å². The second-order valence-corrected chi connectivity index (χ2v) is 5.59. The van der Waals surface area contributed by atoms with Crippen LogP contribution in [0.3, 0.4) is 0 Å². The molecular weight excluding hydrogens is 252 g/mol. The molecule has 3 aromatic carbocycles. The van der Waals surface area contributed by atoms with Gasteiger partial charge in [0.1, 0.15) is 0 Å². The van der Waals surface area contributed by atoms with Crippen LogP contribution in [-0.4, -0.2) is 0 Å². The van der Waals surface area contributed by atoms with E-state index in [9.17, 15) is 0 Å². The summed E-state index contributed by atoms with van der Waals surface area (Å²) in [5.74, 6) is 0.550. The molecule has 105 valence electrons. The Morgan fingerprint density at radius 3 is 2.29 bits per heavy atom. The van der Waals surface area contributed by atoms with Gasteiger partial charge in [-0.3, -0.25) is 0 Å². The molecule has 0 N–H and O–H groups in total. The Morgan fingerprint density at radius 2 is 1.48 bits per heavy atom. The van der Waals surface area contributed by atoms with Crippen LogP contribution in [0.25, 0.3) is 10.8 Å². The second kappa shape index (κ2) is 6.58. The van der Waals surface area contributed by atoms with Crippen LogP contribution in [-0.2, 0) is 6.42 Å². The maximum Gasteiger partial charge on any atom is -0.0121 e. The third-order valence-corrected chi connectivity index (χ3v) is 4.17. The smallest absolute Gasteiger partial charge is 0.0121 e. The quantitative estimate of drug-likeness (QED) is 0.552. The third-order valence-electron chi connectivity index (χ3n) is 4.17. The Bertz CT molecular complexity index is 692. The van der Waals surface area contributed by atoms with Gasteiger partial charge in [-0.25, -0.2) is 0 Å². The van der Waals surface area contributed by atoms with Gasteiger partial charge >= 0.3 is 0 Å². The van der Waals surface area contributed by atoms with Crippen molar-refractivity contribution in [2.75, 3.05) is 0 Å². The topological polar surface area (TPSA) is 0 Å². The molecule has 1 radical (unpaired) electrons. The fraction of sp³-hybridized carbons (Fsp3) is 0.190. The highest BCUT2D eigenvalue weighted by Crippen LogP contribution is 2.29. The first kappa shape index (κ1) is 13.9. The van der Waals surface area contributed by atoms with Gasteiger partial charge in [-0.1, -0.05) is 86.1 Å². The Kier molecular flexibility index (Phi) is 4.35. The van der Waals surface area contributed by atoms with Gasteiger partial charge in [0.15, 0.2) is 0 Å². The van der Waals surface area contributed by atoms with E-state index in [1.165, 1.54) is 21.9 Å². The lowest BCUT2D eigenvalue weighted by Gasteiger charge is -2.18. The van der Waals surface area contributed by atoms with Crippen molar-refractivity contribution in [3.63, 3.8) is 0 Å². The molecule has 3 rings (SSSR count). The zero-order chi connectivity index (χ0) is 14.5. The number of fused-ring (bicyclic) bond motifs is 1. The van der Waals surface area contributed by atoms with E-state index in [0.717, 1.165) is 19.3 Å². The summed E-state index contributed by atoms with van der Waals surface area (Å²) in [6, 6.07) is 26.1. The summed E-state index contributed by atoms with van der Waals surface area (Å²) >= 11 is 0. The molecule has 0 bridgehead atoms. The average molecular weight is 273 g/mol. The summed E-state index contributed by atoms with van der Waals surface area (Å²) in [6.45, 7) is 4.05. The first-order valence-electron chi connectivity index (χ1n) is 7.69. The lowest BCUT2D eigenvalue weighted by Crippen LogP contribution is -2.03. The molecule has 0 heteroatoms. The van der Waals surface area contributed by atoms with Crippen LogP contribution in [0.1, 0.15) is 29.9 Å². The Balaban J connectivity index is 1.95. The van der Waals surface area contributed by atoms with Crippen LogP contribution in [0.5, 0.6) is 0 Å². The average Bonchev–Trinajstić information content (AvgIpc) is 2.55. The molecule has 1 atom stereocenters. The molecular formula is C21H21. The zero-order valence-corrected chi connectivity index (χ0v) is 12.3. The van der Waals surface area contributed by atoms with E-state index in [4.69, 9.17) is 0 Å². The molecule has 0 aliphatic rings. The SMILES string of the molecule is [CH2]CCC(Cc1cccc2ccccc12)c1ccccc1. The molecule has 21 heavy (non-hydrogen) atoms. The van der Waals surface area contributed by atoms with E-state index in [1.807, 2.05) is 0 Å². The maximum atomic E-state index is 4.05. The van der Waals surface area contributed by atoms with Crippen molar-refractivity contribution in [1.82, 2.24) is 0 Å². The number of hydrogen-bond acceptors (Lipinski definition) is 0. The number of hydrogen-bond donors (Lipinski definition) is 0. The third kappa shape index (κ3) is 3.16. The van der Waals surface area contributed by atoms with Crippen LogP contribution in [0.4, 0.5) is 0 Å². The van der Waals surface area contributed by atoms with Gasteiger partial charge in [-0.2, -0.15) is 0 Å². The molecule has 0 aromatic heterocycles. The fourth-order valence-corrected chi connectivity index (χ4v) is 3.09. The molecule has 0 aliphatic heterocycles. The Hall–Kier alpha value is -2.08. The van der Waals surface area contributed by atoms with E-state index in [0.29, 0.717) is 5.92 Å². The highest BCUT2D eigenvalue weighted by Gasteiger charge is 2.12. The van der Waals surface area contributed by atoms with Crippen molar-refractivity contribution < 1.29 is 0 Å². The molecule has 0 aliphatic carbocycles. The highest BCUT2D eigenvalue weighted by molar-refractivity contribution is 5.85. The molecule has 0 amide bonds. The predicted molar refractivity (Wildman–Crippen MR) is 91.4 cm³/mol. The van der Waals surface area contributed by atoms with E-state index in [2.05, 4.69) is 79.7 Å². The van der Waals surface area contributed by atoms with Crippen molar-refractivity contribution in [2.24, 2.45) is 0 Å². The van der Waals surface area contributed by atoms with E-state index in [1.54, 1.807) is 0 Å². The lowest BCUT2D eigenvalue weighted by molar-refractivity contribution is 0.630. The van der Waals surface area contributed by atoms with Gasteiger partial charge in [0, 0.05) is 0 Å². The normalized spacial score (nSPS) is 12.4.